The van der Waals surface area contributed by atoms with E-state index in [0.717, 1.165) is 36.5 Å². The van der Waals surface area contributed by atoms with Gasteiger partial charge in [-0.2, -0.15) is 0 Å². The first kappa shape index (κ1) is 23.4. The second-order valence-electron chi connectivity index (χ2n) is 8.20. The molecular weight excluding hydrogens is 431 g/mol. The molecule has 0 unspecified atom stereocenters. The van der Waals surface area contributed by atoms with Crippen molar-refractivity contribution in [1.82, 2.24) is 24.0 Å². The zero-order valence-corrected chi connectivity index (χ0v) is 19.8. The van der Waals surface area contributed by atoms with E-state index in [1.165, 1.54) is 17.0 Å². The zero-order chi connectivity index (χ0) is 24.2. The summed E-state index contributed by atoms with van der Waals surface area (Å²) in [5.41, 5.74) is 3.10. The molecule has 0 radical (unpaired) electrons. The van der Waals surface area contributed by atoms with E-state index in [1.54, 1.807) is 23.0 Å². The van der Waals surface area contributed by atoms with Crippen LogP contribution in [0.4, 0.5) is 15.9 Å². The number of anilines is 2. The van der Waals surface area contributed by atoms with Crippen LogP contribution in [-0.2, 0) is 6.54 Å². The van der Waals surface area contributed by atoms with E-state index in [2.05, 4.69) is 40.6 Å². The second-order valence-corrected chi connectivity index (χ2v) is 8.20. The third-order valence-corrected chi connectivity index (χ3v) is 5.98. The predicted octanol–water partition coefficient (Wildman–Crippen LogP) is 4.84. The Morgan fingerprint density at radius 3 is 2.68 bits per heavy atom. The topological polar surface area (TPSA) is 68.0 Å². The van der Waals surface area contributed by atoms with Gasteiger partial charge in [-0.25, -0.2) is 19.2 Å². The Balaban J connectivity index is 1.71. The summed E-state index contributed by atoms with van der Waals surface area (Å²) in [5, 5.41) is 3.91. The van der Waals surface area contributed by atoms with E-state index in [1.807, 2.05) is 31.2 Å². The van der Waals surface area contributed by atoms with E-state index in [-0.39, 0.29) is 11.4 Å². The summed E-state index contributed by atoms with van der Waals surface area (Å²) in [5.74, 6) is 0.00385. The van der Waals surface area contributed by atoms with E-state index in [9.17, 15) is 4.79 Å². The average Bonchev–Trinajstić information content (AvgIpc) is 3.19. The summed E-state index contributed by atoms with van der Waals surface area (Å²) in [6.45, 7) is 13.2. The fourth-order valence-corrected chi connectivity index (χ4v) is 3.91. The molecule has 2 aromatic carbocycles. The van der Waals surface area contributed by atoms with Gasteiger partial charge in [0.2, 0.25) is 0 Å². The number of hydrogen-bond donors (Lipinski definition) is 1. The van der Waals surface area contributed by atoms with Gasteiger partial charge in [-0.15, -0.1) is 0 Å². The molecule has 0 aliphatic rings. The number of aromatic nitrogens is 4. The summed E-state index contributed by atoms with van der Waals surface area (Å²) >= 11 is 0. The fourth-order valence-electron chi connectivity index (χ4n) is 3.91. The summed E-state index contributed by atoms with van der Waals surface area (Å²) in [4.78, 5) is 23.8. The Morgan fingerprint density at radius 1 is 1.15 bits per heavy atom. The second kappa shape index (κ2) is 10.0. The molecule has 0 spiro atoms. The van der Waals surface area contributed by atoms with E-state index >= 15 is 4.39 Å². The van der Waals surface area contributed by atoms with Gasteiger partial charge in [-0.05, 0) is 43.8 Å². The highest BCUT2D eigenvalue weighted by atomic mass is 19.1. The number of imidazole rings is 1. The van der Waals surface area contributed by atoms with Gasteiger partial charge in [-0.1, -0.05) is 38.1 Å². The van der Waals surface area contributed by atoms with Crippen molar-refractivity contribution in [3.05, 3.63) is 83.6 Å². The predicted molar refractivity (Wildman–Crippen MR) is 135 cm³/mol. The molecule has 176 valence electrons. The van der Waals surface area contributed by atoms with Gasteiger partial charge >= 0.3 is 5.69 Å². The van der Waals surface area contributed by atoms with Crippen molar-refractivity contribution in [1.29, 1.82) is 0 Å². The van der Waals surface area contributed by atoms with Gasteiger partial charge in [0.1, 0.15) is 18.0 Å². The fraction of sp³-hybridized carbons (Fsp3) is 0.269. The molecule has 0 aliphatic heterocycles. The number of likely N-dealkylation sites (N-methyl/N-ethyl adjacent to an activating group) is 1. The van der Waals surface area contributed by atoms with Crippen LogP contribution in [0.1, 0.15) is 26.3 Å². The largest absolute Gasteiger partial charge is 0.340 e. The highest BCUT2D eigenvalue weighted by Gasteiger charge is 2.15. The summed E-state index contributed by atoms with van der Waals surface area (Å²) in [7, 11) is 0. The first-order valence-corrected chi connectivity index (χ1v) is 11.4. The van der Waals surface area contributed by atoms with Crippen LogP contribution in [0, 0.1) is 5.82 Å². The number of hydrogen-bond acceptors (Lipinski definition) is 5. The minimum atomic E-state index is -0.523. The van der Waals surface area contributed by atoms with Crippen molar-refractivity contribution >= 4 is 28.0 Å². The standard InChI is InChI=1S/C26H29FN6O/c1-5-31(6-2)10-11-32-12-13-33(26(32)34)24-15-21-23(16-22(24)27)28-17-29-25(21)30-20-9-7-8-19(14-20)18(3)4/h7-9,12-17H,3,5-6,10-11H2,1-2,4H3,(H,28,29,30). The average molecular weight is 461 g/mol. The van der Waals surface area contributed by atoms with Crippen LogP contribution < -0.4 is 11.0 Å². The smallest absolute Gasteiger partial charge is 0.332 e. The molecule has 2 heterocycles. The number of halogens is 1. The molecule has 0 saturated carbocycles. The van der Waals surface area contributed by atoms with E-state index < -0.39 is 5.82 Å². The number of benzene rings is 2. The first-order chi connectivity index (χ1) is 16.4. The van der Waals surface area contributed by atoms with Gasteiger partial charge < -0.3 is 10.2 Å². The maximum Gasteiger partial charge on any atom is 0.332 e. The third kappa shape index (κ3) is 4.77. The van der Waals surface area contributed by atoms with Crippen molar-refractivity contribution in [3.63, 3.8) is 0 Å². The van der Waals surface area contributed by atoms with Crippen LogP contribution in [0.15, 0.2) is 66.5 Å². The van der Waals surface area contributed by atoms with Gasteiger partial charge in [0, 0.05) is 42.6 Å². The molecule has 4 rings (SSSR count). The van der Waals surface area contributed by atoms with E-state index in [4.69, 9.17) is 0 Å². The van der Waals surface area contributed by atoms with Crippen LogP contribution in [0.3, 0.4) is 0 Å². The zero-order valence-electron chi connectivity index (χ0n) is 19.8. The molecule has 2 aromatic heterocycles. The van der Waals surface area contributed by atoms with Crippen LogP contribution in [-0.4, -0.2) is 43.6 Å². The molecular formula is C26H29FN6O. The Kier molecular flexibility index (Phi) is 6.88. The van der Waals surface area contributed by atoms with Gasteiger partial charge in [-0.3, -0.25) is 9.13 Å². The van der Waals surface area contributed by atoms with Crippen LogP contribution >= 0.6 is 0 Å². The highest BCUT2D eigenvalue weighted by molar-refractivity contribution is 5.92. The molecule has 1 N–H and O–H groups in total. The maximum atomic E-state index is 15.1. The Morgan fingerprint density at radius 2 is 1.94 bits per heavy atom. The molecule has 0 atom stereocenters. The SMILES string of the molecule is C=C(C)c1cccc(Nc2ncnc3cc(F)c(-n4ccn(CCN(CC)CC)c4=O)cc23)c1. The van der Waals surface area contributed by atoms with Gasteiger partial charge in [0.05, 0.1) is 11.2 Å². The lowest BCUT2D eigenvalue weighted by molar-refractivity contribution is 0.289. The van der Waals surface area contributed by atoms with Gasteiger partial charge in [0.15, 0.2) is 0 Å². The van der Waals surface area contributed by atoms with Crippen molar-refractivity contribution in [3.8, 4) is 5.69 Å². The number of rotatable bonds is 9. The number of nitrogens with zero attached hydrogens (tertiary/aromatic N) is 5. The molecule has 8 heteroatoms. The number of fused-ring (bicyclic) bond motifs is 1. The molecule has 0 amide bonds. The summed E-state index contributed by atoms with van der Waals surface area (Å²) in [6, 6.07) is 10.8. The normalized spacial score (nSPS) is 11.3. The molecule has 0 bridgehead atoms. The van der Waals surface area contributed by atoms with Gasteiger partial charge in [0.25, 0.3) is 0 Å². The lowest BCUT2D eigenvalue weighted by Gasteiger charge is -2.17. The van der Waals surface area contributed by atoms with Crippen LogP contribution in [0.2, 0.25) is 0 Å². The van der Waals surface area contributed by atoms with Crippen molar-refractivity contribution in [2.24, 2.45) is 0 Å². The molecule has 0 fully saturated rings. The molecule has 0 aliphatic carbocycles. The molecule has 34 heavy (non-hydrogen) atoms. The lowest BCUT2D eigenvalue weighted by Crippen LogP contribution is -2.31. The van der Waals surface area contributed by atoms with Crippen LogP contribution in [0.25, 0.3) is 22.2 Å². The molecule has 7 nitrogen and oxygen atoms in total. The van der Waals surface area contributed by atoms with Crippen molar-refractivity contribution in [2.75, 3.05) is 25.0 Å². The highest BCUT2D eigenvalue weighted by Crippen LogP contribution is 2.28. The Labute approximate surface area is 198 Å². The molecule has 0 saturated heterocycles. The summed E-state index contributed by atoms with van der Waals surface area (Å²) in [6.07, 6.45) is 4.68. The van der Waals surface area contributed by atoms with Crippen LogP contribution in [0.5, 0.6) is 0 Å². The maximum absolute atomic E-state index is 15.1. The van der Waals surface area contributed by atoms with E-state index in [0.29, 0.717) is 23.3 Å². The van der Waals surface area contributed by atoms with Crippen molar-refractivity contribution in [2.45, 2.75) is 27.3 Å². The summed E-state index contributed by atoms with van der Waals surface area (Å²) < 4.78 is 18.0. The molecule has 4 aromatic rings. The first-order valence-electron chi connectivity index (χ1n) is 11.4. The van der Waals surface area contributed by atoms with Crippen molar-refractivity contribution < 1.29 is 4.39 Å². The minimum absolute atomic E-state index is 0.160. The third-order valence-electron chi connectivity index (χ3n) is 5.98. The number of nitrogens with one attached hydrogen (secondary N) is 1. The monoisotopic (exact) mass is 460 g/mol. The lowest BCUT2D eigenvalue weighted by atomic mass is 10.1. The number of allylic oxidation sites excluding steroid dienone is 1. The Bertz CT molecular complexity index is 1390. The Hall–Kier alpha value is -3.78. The minimum Gasteiger partial charge on any atom is -0.340 e. The quantitative estimate of drug-likeness (QED) is 0.387.